The summed E-state index contributed by atoms with van der Waals surface area (Å²) in [6.07, 6.45) is 67.2. The van der Waals surface area contributed by atoms with Crippen LogP contribution in [0.4, 0.5) is 0 Å². The van der Waals surface area contributed by atoms with E-state index in [0.717, 1.165) is 122 Å². The van der Waals surface area contributed by atoms with Gasteiger partial charge in [-0.25, -0.2) is 9.13 Å². The maximum atomic E-state index is 13.1. The number of rotatable bonds is 78. The van der Waals surface area contributed by atoms with Crippen molar-refractivity contribution in [2.24, 2.45) is 0 Å². The molecule has 0 saturated heterocycles. The average Bonchev–Trinajstić information content (AvgIpc) is 1.07. The first-order valence-corrected chi connectivity index (χ1v) is 43.6. The van der Waals surface area contributed by atoms with Crippen LogP contribution in [0.1, 0.15) is 400 Å². The van der Waals surface area contributed by atoms with Crippen LogP contribution in [-0.4, -0.2) is 96.7 Å². The molecule has 19 heteroatoms. The van der Waals surface area contributed by atoms with E-state index in [9.17, 15) is 43.2 Å². The fourth-order valence-electron chi connectivity index (χ4n) is 11.7. The Morgan fingerprint density at radius 3 is 0.714 bits per heavy atom. The number of phosphoric acid groups is 2. The van der Waals surface area contributed by atoms with Crippen LogP contribution >= 0.6 is 15.6 Å². The monoisotopic (exact) mass is 1430 g/mol. The number of aliphatic hydroxyl groups excluding tert-OH is 1. The summed E-state index contributed by atoms with van der Waals surface area (Å²) in [5, 5.41) is 10.6. The maximum absolute atomic E-state index is 13.1. The van der Waals surface area contributed by atoms with Crippen molar-refractivity contribution in [1.29, 1.82) is 0 Å². The molecule has 0 aromatic rings. The van der Waals surface area contributed by atoms with Gasteiger partial charge in [0.1, 0.15) is 19.3 Å². The summed E-state index contributed by atoms with van der Waals surface area (Å²) >= 11 is 0. The van der Waals surface area contributed by atoms with E-state index in [1.807, 2.05) is 0 Å². The highest BCUT2D eigenvalue weighted by molar-refractivity contribution is 7.47. The minimum absolute atomic E-state index is 0.0907. The van der Waals surface area contributed by atoms with Crippen molar-refractivity contribution in [2.45, 2.75) is 418 Å². The number of phosphoric ester groups is 2. The predicted molar refractivity (Wildman–Crippen MR) is 400 cm³/mol. The Kier molecular flexibility index (Phi) is 71.0. The number of hydrogen-bond donors (Lipinski definition) is 3. The lowest BCUT2D eigenvalue weighted by Gasteiger charge is -2.21. The first-order chi connectivity index (χ1) is 47.7. The second-order valence-electron chi connectivity index (χ2n) is 27.7. The summed E-state index contributed by atoms with van der Waals surface area (Å²) in [4.78, 5) is 73.0. The number of carbonyl (C=O) groups excluding carboxylic acids is 4. The molecule has 0 saturated carbocycles. The van der Waals surface area contributed by atoms with Gasteiger partial charge >= 0.3 is 39.5 Å². The Morgan fingerprint density at radius 2 is 0.469 bits per heavy atom. The molecule has 0 aliphatic heterocycles. The molecule has 578 valence electrons. The van der Waals surface area contributed by atoms with Crippen LogP contribution in [0.25, 0.3) is 0 Å². The van der Waals surface area contributed by atoms with Gasteiger partial charge in [0.15, 0.2) is 12.2 Å². The fraction of sp³-hybridized carbons (Fsp3) is 0.899. The lowest BCUT2D eigenvalue weighted by atomic mass is 10.0. The zero-order valence-electron chi connectivity index (χ0n) is 63.2. The molecular weight excluding hydrogens is 1280 g/mol. The minimum atomic E-state index is -4.97. The molecule has 0 aliphatic rings. The largest absolute Gasteiger partial charge is 0.472 e. The summed E-state index contributed by atoms with van der Waals surface area (Å²) in [5.74, 6) is -2.14. The first kappa shape index (κ1) is 95.5. The van der Waals surface area contributed by atoms with Crippen LogP contribution in [0.2, 0.25) is 0 Å². The third kappa shape index (κ3) is 71.9. The lowest BCUT2D eigenvalue weighted by molar-refractivity contribution is -0.161. The highest BCUT2D eigenvalue weighted by atomic mass is 31.2. The van der Waals surface area contributed by atoms with Crippen LogP contribution in [-0.2, 0) is 65.4 Å². The standard InChI is InChI=1S/C79H150O17P2/c1-5-9-13-17-21-25-29-33-36-40-43-47-51-55-59-63-76(81)89-69-74(95-78(83)65-61-57-53-49-45-39-32-28-24-20-16-12-8-4)71-93-97(85,86)91-67-73(80)68-92-98(87,88)94-72-75(96-79(84)66-62-58-54-50-46-42-38-35-31-27-23-19-15-11-7-3)70-90-77(82)64-60-56-52-48-44-41-37-34-30-26-22-18-14-10-6-2/h28,32-33,36,73-75,80H,5-27,29-31,34-35,37-72H2,1-4H3,(H,85,86)(H,87,88)/b32-28-,36-33-/t73-,74-,75-/m1/s1. The molecule has 0 heterocycles. The Hall–Kier alpha value is -2.46. The zero-order chi connectivity index (χ0) is 71.8. The van der Waals surface area contributed by atoms with Gasteiger partial charge in [0.05, 0.1) is 26.4 Å². The molecule has 0 aromatic carbocycles. The highest BCUT2D eigenvalue weighted by Crippen LogP contribution is 2.45. The highest BCUT2D eigenvalue weighted by Gasteiger charge is 2.30. The molecule has 3 N–H and O–H groups in total. The molecule has 17 nitrogen and oxygen atoms in total. The van der Waals surface area contributed by atoms with Crippen molar-refractivity contribution < 1.29 is 80.2 Å². The number of hydrogen-bond acceptors (Lipinski definition) is 15. The van der Waals surface area contributed by atoms with Crippen LogP contribution in [0.3, 0.4) is 0 Å². The van der Waals surface area contributed by atoms with Gasteiger partial charge in [0.2, 0.25) is 0 Å². The zero-order valence-corrected chi connectivity index (χ0v) is 65.0. The van der Waals surface area contributed by atoms with Gasteiger partial charge in [-0.15, -0.1) is 0 Å². The molecule has 0 amide bonds. The lowest BCUT2D eigenvalue weighted by Crippen LogP contribution is -2.30. The van der Waals surface area contributed by atoms with Crippen molar-refractivity contribution in [1.82, 2.24) is 0 Å². The minimum Gasteiger partial charge on any atom is -0.462 e. The molecule has 0 fully saturated rings. The SMILES string of the molecule is CCCCCC/C=C\CCCCCCCC(=O)O[C@H](COC(=O)CCCCCCC/C=C\CCCCCCCC)COP(=O)(O)OC[C@@H](O)COP(=O)(O)OC[C@@H](COC(=O)CCCCCCCCCCCCCCCCC)OC(=O)CCCCCCCCCCCCCCCCC. The molecular formula is C79H150O17P2. The molecule has 2 unspecified atom stereocenters. The second-order valence-corrected chi connectivity index (χ2v) is 30.6. The third-order valence-corrected chi connectivity index (χ3v) is 19.8. The molecule has 0 spiro atoms. The Morgan fingerprint density at radius 1 is 0.276 bits per heavy atom. The van der Waals surface area contributed by atoms with E-state index in [4.69, 9.17) is 37.0 Å². The van der Waals surface area contributed by atoms with Crippen LogP contribution in [0.15, 0.2) is 24.3 Å². The smallest absolute Gasteiger partial charge is 0.462 e. The topological polar surface area (TPSA) is 237 Å². The van der Waals surface area contributed by atoms with Gasteiger partial charge in [0, 0.05) is 25.7 Å². The summed E-state index contributed by atoms with van der Waals surface area (Å²) in [6, 6.07) is 0. The van der Waals surface area contributed by atoms with Crippen molar-refractivity contribution in [3.05, 3.63) is 24.3 Å². The van der Waals surface area contributed by atoms with E-state index < -0.39 is 97.5 Å². The van der Waals surface area contributed by atoms with Crippen LogP contribution < -0.4 is 0 Å². The van der Waals surface area contributed by atoms with Crippen molar-refractivity contribution in [3.8, 4) is 0 Å². The average molecular weight is 1430 g/mol. The Labute approximate surface area is 599 Å². The van der Waals surface area contributed by atoms with E-state index in [0.29, 0.717) is 25.7 Å². The van der Waals surface area contributed by atoms with E-state index in [-0.39, 0.29) is 25.7 Å². The number of unbranched alkanes of at least 4 members (excludes halogenated alkanes) is 48. The van der Waals surface area contributed by atoms with Gasteiger partial charge in [-0.3, -0.25) is 37.3 Å². The van der Waals surface area contributed by atoms with Crippen molar-refractivity contribution in [3.63, 3.8) is 0 Å². The third-order valence-electron chi connectivity index (χ3n) is 17.9. The van der Waals surface area contributed by atoms with Gasteiger partial charge in [-0.2, -0.15) is 0 Å². The summed E-state index contributed by atoms with van der Waals surface area (Å²) in [5.41, 5.74) is 0. The Bertz CT molecular complexity index is 1950. The number of ether oxygens (including phenoxy) is 4. The van der Waals surface area contributed by atoms with E-state index in [1.54, 1.807) is 0 Å². The second kappa shape index (κ2) is 72.9. The fourth-order valence-corrected chi connectivity index (χ4v) is 13.3. The maximum Gasteiger partial charge on any atom is 0.472 e. The quantitative estimate of drug-likeness (QED) is 0.0169. The predicted octanol–water partition coefficient (Wildman–Crippen LogP) is 23.3. The van der Waals surface area contributed by atoms with Gasteiger partial charge in [-0.05, 0) is 77.0 Å². The van der Waals surface area contributed by atoms with E-state index in [2.05, 4.69) is 52.0 Å². The van der Waals surface area contributed by atoms with E-state index in [1.165, 1.54) is 199 Å². The van der Waals surface area contributed by atoms with Gasteiger partial charge in [0.25, 0.3) is 0 Å². The molecule has 0 aromatic heterocycles. The van der Waals surface area contributed by atoms with Crippen LogP contribution in [0.5, 0.6) is 0 Å². The number of allylic oxidation sites excluding steroid dienone is 4. The van der Waals surface area contributed by atoms with Crippen LogP contribution in [0, 0.1) is 0 Å². The number of carbonyl (C=O) groups is 4. The Balaban J connectivity index is 5.29. The molecule has 0 radical (unpaired) electrons. The first-order valence-electron chi connectivity index (χ1n) is 40.6. The summed E-state index contributed by atoms with van der Waals surface area (Å²) < 4.78 is 68.6. The molecule has 5 atom stereocenters. The van der Waals surface area contributed by atoms with E-state index >= 15 is 0 Å². The molecule has 0 aliphatic carbocycles. The molecule has 0 bridgehead atoms. The normalized spacial score (nSPS) is 14.0. The van der Waals surface area contributed by atoms with Crippen molar-refractivity contribution in [2.75, 3.05) is 39.6 Å². The number of aliphatic hydroxyl groups is 1. The summed E-state index contributed by atoms with van der Waals surface area (Å²) in [7, 11) is -9.93. The summed E-state index contributed by atoms with van der Waals surface area (Å²) in [6.45, 7) is 4.95. The molecule has 98 heavy (non-hydrogen) atoms. The number of esters is 4. The van der Waals surface area contributed by atoms with Gasteiger partial charge in [-0.1, -0.05) is 322 Å². The van der Waals surface area contributed by atoms with Crippen molar-refractivity contribution >= 4 is 39.5 Å². The van der Waals surface area contributed by atoms with Gasteiger partial charge < -0.3 is 33.8 Å². The molecule has 0 rings (SSSR count).